The lowest BCUT2D eigenvalue weighted by Crippen LogP contribution is -2.29. The molecule has 34 heavy (non-hydrogen) atoms. The molecule has 0 aromatic heterocycles. The Hall–Kier alpha value is -4.13. The summed E-state index contributed by atoms with van der Waals surface area (Å²) in [7, 11) is 1.38. The molecule has 0 spiro atoms. The van der Waals surface area contributed by atoms with E-state index in [1.54, 1.807) is 30.3 Å². The summed E-state index contributed by atoms with van der Waals surface area (Å²) in [6.45, 7) is 4.25. The van der Waals surface area contributed by atoms with Crippen LogP contribution in [0.1, 0.15) is 29.7 Å². The van der Waals surface area contributed by atoms with Crippen LogP contribution in [0.15, 0.2) is 72.3 Å². The Morgan fingerprint density at radius 1 is 1.06 bits per heavy atom. The highest BCUT2D eigenvalue weighted by Gasteiger charge is 2.47. The number of ketones is 1. The van der Waals surface area contributed by atoms with Gasteiger partial charge in [-0.25, -0.2) is 4.39 Å². The van der Waals surface area contributed by atoms with E-state index >= 15 is 0 Å². The number of methoxy groups -OCH3 is 1. The van der Waals surface area contributed by atoms with Crippen LogP contribution in [0.25, 0.3) is 5.76 Å². The predicted octanol–water partition coefficient (Wildman–Crippen LogP) is 5.17. The van der Waals surface area contributed by atoms with Crippen molar-refractivity contribution in [2.24, 2.45) is 0 Å². The van der Waals surface area contributed by atoms with Crippen LogP contribution >= 0.6 is 0 Å². The van der Waals surface area contributed by atoms with Crippen LogP contribution in [0.5, 0.6) is 11.5 Å². The first-order valence-corrected chi connectivity index (χ1v) is 10.8. The molecule has 1 unspecified atom stereocenters. The molecule has 1 heterocycles. The van der Waals surface area contributed by atoms with E-state index in [4.69, 9.17) is 9.47 Å². The standard InChI is InChI=1S/C27H24FNO5/c1-4-34-20-11-9-19(10-12-20)29-24(17-7-5-6-16(2)14-17)23(26(31)27(29)32)25(30)21-15-18(28)8-13-22(21)33-3/h5-15,24,30H,4H2,1-3H3/b25-23+. The number of rotatable bonds is 6. The van der Waals surface area contributed by atoms with Crippen molar-refractivity contribution in [2.45, 2.75) is 19.9 Å². The number of carbonyl (C=O) groups excluding carboxylic acids is 2. The van der Waals surface area contributed by atoms with Gasteiger partial charge in [0.25, 0.3) is 11.7 Å². The van der Waals surface area contributed by atoms with Crippen LogP contribution in [0, 0.1) is 12.7 Å². The smallest absolute Gasteiger partial charge is 0.300 e. The molecule has 174 valence electrons. The van der Waals surface area contributed by atoms with Crippen molar-refractivity contribution in [3.8, 4) is 11.5 Å². The second-order valence-electron chi connectivity index (χ2n) is 7.85. The third kappa shape index (κ3) is 4.12. The third-order valence-electron chi connectivity index (χ3n) is 5.64. The molecule has 1 saturated heterocycles. The number of halogens is 1. The second-order valence-corrected chi connectivity index (χ2v) is 7.85. The van der Waals surface area contributed by atoms with Crippen molar-refractivity contribution in [2.75, 3.05) is 18.6 Å². The quantitative estimate of drug-likeness (QED) is 0.312. The summed E-state index contributed by atoms with van der Waals surface area (Å²) in [5.74, 6) is -1.99. The Balaban J connectivity index is 1.94. The van der Waals surface area contributed by atoms with Crippen LogP contribution in [-0.4, -0.2) is 30.5 Å². The van der Waals surface area contributed by atoms with Gasteiger partial charge in [0.05, 0.1) is 30.9 Å². The molecule has 0 aliphatic carbocycles. The maximum Gasteiger partial charge on any atom is 0.300 e. The first-order valence-electron chi connectivity index (χ1n) is 10.8. The lowest BCUT2D eigenvalue weighted by molar-refractivity contribution is -0.132. The number of amides is 1. The monoisotopic (exact) mass is 461 g/mol. The van der Waals surface area contributed by atoms with Gasteiger partial charge in [0.15, 0.2) is 0 Å². The SMILES string of the molecule is CCOc1ccc(N2C(=O)C(=O)/C(=C(/O)c3cc(F)ccc3OC)C2c2cccc(C)c2)cc1. The highest BCUT2D eigenvalue weighted by atomic mass is 19.1. The molecule has 0 radical (unpaired) electrons. The molecule has 3 aromatic rings. The molecule has 0 saturated carbocycles. The summed E-state index contributed by atoms with van der Waals surface area (Å²) in [4.78, 5) is 27.8. The fourth-order valence-corrected chi connectivity index (χ4v) is 4.13. The van der Waals surface area contributed by atoms with Gasteiger partial charge in [-0.05, 0) is 61.9 Å². The molecule has 7 heteroatoms. The maximum absolute atomic E-state index is 14.1. The van der Waals surface area contributed by atoms with Gasteiger partial charge < -0.3 is 14.6 Å². The summed E-state index contributed by atoms with van der Waals surface area (Å²) in [5, 5.41) is 11.2. The summed E-state index contributed by atoms with van der Waals surface area (Å²) >= 11 is 0. The minimum Gasteiger partial charge on any atom is -0.507 e. The maximum atomic E-state index is 14.1. The number of aryl methyl sites for hydroxylation is 1. The Bertz CT molecular complexity index is 1280. The molecular weight excluding hydrogens is 437 g/mol. The zero-order valence-electron chi connectivity index (χ0n) is 19.0. The van der Waals surface area contributed by atoms with E-state index in [9.17, 15) is 19.1 Å². The van der Waals surface area contributed by atoms with E-state index in [-0.39, 0.29) is 16.9 Å². The largest absolute Gasteiger partial charge is 0.507 e. The van der Waals surface area contributed by atoms with Crippen molar-refractivity contribution in [3.63, 3.8) is 0 Å². The van der Waals surface area contributed by atoms with Crippen molar-refractivity contribution in [1.29, 1.82) is 0 Å². The van der Waals surface area contributed by atoms with Crippen molar-refractivity contribution in [1.82, 2.24) is 0 Å². The lowest BCUT2D eigenvalue weighted by Gasteiger charge is -2.26. The lowest BCUT2D eigenvalue weighted by atomic mass is 9.94. The number of hydrogen-bond donors (Lipinski definition) is 1. The Morgan fingerprint density at radius 3 is 2.44 bits per heavy atom. The van der Waals surface area contributed by atoms with Crippen LogP contribution in [0.2, 0.25) is 0 Å². The molecule has 3 aromatic carbocycles. The molecule has 4 rings (SSSR count). The summed E-state index contributed by atoms with van der Waals surface area (Å²) < 4.78 is 24.8. The van der Waals surface area contributed by atoms with E-state index < -0.39 is 29.3 Å². The number of aliphatic hydroxyl groups excluding tert-OH is 1. The second kappa shape index (κ2) is 9.39. The van der Waals surface area contributed by atoms with Crippen LogP contribution in [0.4, 0.5) is 10.1 Å². The number of benzene rings is 3. The molecule has 1 aliphatic heterocycles. The molecule has 1 atom stereocenters. The minimum absolute atomic E-state index is 0.00940. The van der Waals surface area contributed by atoms with E-state index in [1.807, 2.05) is 32.0 Å². The van der Waals surface area contributed by atoms with Crippen LogP contribution < -0.4 is 14.4 Å². The van der Waals surface area contributed by atoms with Gasteiger partial charge in [-0.15, -0.1) is 0 Å². The summed E-state index contributed by atoms with van der Waals surface area (Å²) in [5.41, 5.74) is 1.85. The molecular formula is C27H24FNO5. The van der Waals surface area contributed by atoms with Gasteiger partial charge in [0, 0.05) is 5.69 Å². The van der Waals surface area contributed by atoms with Crippen LogP contribution in [-0.2, 0) is 9.59 Å². The molecule has 1 fully saturated rings. The molecule has 0 bridgehead atoms. The molecule has 1 aliphatic rings. The van der Waals surface area contributed by atoms with E-state index in [0.717, 1.165) is 11.6 Å². The summed E-state index contributed by atoms with van der Waals surface area (Å²) in [6.07, 6.45) is 0. The number of carbonyl (C=O) groups is 2. The topological polar surface area (TPSA) is 76.1 Å². The van der Waals surface area contributed by atoms with Crippen molar-refractivity contribution >= 4 is 23.1 Å². The first kappa shape index (κ1) is 23.0. The third-order valence-corrected chi connectivity index (χ3v) is 5.64. The number of Topliss-reactive ketones (excluding diaryl/α,β-unsaturated/α-hetero) is 1. The van der Waals surface area contributed by atoms with Crippen molar-refractivity contribution < 1.29 is 28.6 Å². The highest BCUT2D eigenvalue weighted by Crippen LogP contribution is 2.43. The van der Waals surface area contributed by atoms with Gasteiger partial charge in [-0.2, -0.15) is 0 Å². The number of ether oxygens (including phenoxy) is 2. The fraction of sp³-hybridized carbons (Fsp3) is 0.185. The molecule has 1 amide bonds. The van der Waals surface area contributed by atoms with Gasteiger partial charge in [-0.3, -0.25) is 14.5 Å². The number of nitrogens with zero attached hydrogens (tertiary/aromatic N) is 1. The Labute approximate surface area is 196 Å². The Kier molecular flexibility index (Phi) is 6.36. The average Bonchev–Trinajstić information content (AvgIpc) is 3.10. The molecule has 6 nitrogen and oxygen atoms in total. The normalized spacial score (nSPS) is 17.2. The average molecular weight is 461 g/mol. The zero-order valence-corrected chi connectivity index (χ0v) is 19.0. The number of hydrogen-bond acceptors (Lipinski definition) is 5. The Morgan fingerprint density at radius 2 is 1.79 bits per heavy atom. The fourth-order valence-electron chi connectivity index (χ4n) is 4.13. The van der Waals surface area contributed by atoms with E-state index in [1.165, 1.54) is 24.1 Å². The van der Waals surface area contributed by atoms with Crippen LogP contribution in [0.3, 0.4) is 0 Å². The molecule has 1 N–H and O–H groups in total. The van der Waals surface area contributed by atoms with Gasteiger partial charge >= 0.3 is 0 Å². The highest BCUT2D eigenvalue weighted by molar-refractivity contribution is 6.51. The van der Waals surface area contributed by atoms with Crippen molar-refractivity contribution in [3.05, 3.63) is 94.8 Å². The van der Waals surface area contributed by atoms with E-state index in [0.29, 0.717) is 23.6 Å². The summed E-state index contributed by atoms with van der Waals surface area (Å²) in [6, 6.07) is 16.8. The predicted molar refractivity (Wildman–Crippen MR) is 127 cm³/mol. The number of anilines is 1. The zero-order chi connectivity index (χ0) is 24.4. The van der Waals surface area contributed by atoms with Gasteiger partial charge in [-0.1, -0.05) is 29.8 Å². The van der Waals surface area contributed by atoms with E-state index in [2.05, 4.69) is 0 Å². The minimum atomic E-state index is -0.925. The first-order chi connectivity index (χ1) is 16.3. The number of aliphatic hydroxyl groups is 1. The van der Waals surface area contributed by atoms with Gasteiger partial charge in [0.2, 0.25) is 0 Å². The van der Waals surface area contributed by atoms with Gasteiger partial charge in [0.1, 0.15) is 23.1 Å².